The number of aromatic nitrogens is 4. The van der Waals surface area contributed by atoms with Gasteiger partial charge in [0.1, 0.15) is 5.01 Å². The van der Waals surface area contributed by atoms with Crippen LogP contribution in [0.25, 0.3) is 4.96 Å². The van der Waals surface area contributed by atoms with Crippen molar-refractivity contribution in [3.8, 4) is 0 Å². The molecule has 1 aliphatic heterocycles. The molecule has 8 heteroatoms. The van der Waals surface area contributed by atoms with Crippen molar-refractivity contribution in [2.45, 2.75) is 32.2 Å². The Balaban J connectivity index is 1.65. The Labute approximate surface area is 149 Å². The molecule has 2 N–H and O–H groups in total. The van der Waals surface area contributed by atoms with Crippen molar-refractivity contribution < 1.29 is 0 Å². The lowest BCUT2D eigenvalue weighted by atomic mass is 9.96. The Kier molecular flexibility index (Phi) is 4.26. The van der Waals surface area contributed by atoms with Crippen molar-refractivity contribution in [1.82, 2.24) is 30.7 Å². The summed E-state index contributed by atoms with van der Waals surface area (Å²) in [5.74, 6) is 1.72. The molecule has 0 aliphatic carbocycles. The number of nitrogens with one attached hydrogen (secondary N) is 2. The van der Waals surface area contributed by atoms with Gasteiger partial charge in [-0.1, -0.05) is 48.9 Å². The first-order chi connectivity index (χ1) is 11.6. The van der Waals surface area contributed by atoms with Crippen LogP contribution >= 0.6 is 22.9 Å². The van der Waals surface area contributed by atoms with Crippen LogP contribution in [0.15, 0.2) is 24.3 Å². The maximum atomic E-state index is 6.00. The predicted molar refractivity (Wildman–Crippen MR) is 95.3 cm³/mol. The van der Waals surface area contributed by atoms with Gasteiger partial charge in [-0.25, -0.2) is 5.43 Å². The van der Waals surface area contributed by atoms with E-state index in [-0.39, 0.29) is 12.0 Å². The van der Waals surface area contributed by atoms with E-state index in [0.717, 1.165) is 33.8 Å². The van der Waals surface area contributed by atoms with Gasteiger partial charge in [-0.2, -0.15) is 9.61 Å². The fourth-order valence-electron chi connectivity index (χ4n) is 3.03. The molecule has 0 bridgehead atoms. The van der Waals surface area contributed by atoms with Gasteiger partial charge < -0.3 is 0 Å². The van der Waals surface area contributed by atoms with E-state index >= 15 is 0 Å². The van der Waals surface area contributed by atoms with Gasteiger partial charge in [0.05, 0.1) is 6.04 Å². The zero-order valence-electron chi connectivity index (χ0n) is 13.5. The molecule has 1 aliphatic rings. The highest BCUT2D eigenvalue weighted by molar-refractivity contribution is 7.16. The molecule has 1 saturated heterocycles. The monoisotopic (exact) mass is 362 g/mol. The van der Waals surface area contributed by atoms with Gasteiger partial charge in [0.25, 0.3) is 0 Å². The molecule has 126 valence electrons. The number of hydrogen-bond donors (Lipinski definition) is 2. The van der Waals surface area contributed by atoms with Crippen LogP contribution in [0.2, 0.25) is 5.02 Å². The van der Waals surface area contributed by atoms with Crippen LogP contribution in [0.1, 0.15) is 42.2 Å². The highest BCUT2D eigenvalue weighted by Gasteiger charge is 2.32. The summed E-state index contributed by atoms with van der Waals surface area (Å²) in [5, 5.41) is 15.2. The number of hydrogen-bond acceptors (Lipinski definition) is 6. The van der Waals surface area contributed by atoms with Crippen LogP contribution < -0.4 is 10.9 Å². The molecule has 2 atom stereocenters. The summed E-state index contributed by atoms with van der Waals surface area (Å²) in [6, 6.07) is 8.13. The van der Waals surface area contributed by atoms with E-state index < -0.39 is 0 Å². The van der Waals surface area contributed by atoms with Crippen LogP contribution in [0.5, 0.6) is 0 Å². The number of halogens is 1. The minimum Gasteiger partial charge on any atom is -0.256 e. The van der Waals surface area contributed by atoms with E-state index in [1.807, 2.05) is 16.6 Å². The largest absolute Gasteiger partial charge is 0.256 e. The first-order valence-corrected chi connectivity index (χ1v) is 9.26. The number of benzene rings is 1. The maximum Gasteiger partial charge on any atom is 0.234 e. The lowest BCUT2D eigenvalue weighted by Crippen LogP contribution is -2.24. The second-order valence-electron chi connectivity index (χ2n) is 6.51. The smallest absolute Gasteiger partial charge is 0.234 e. The highest BCUT2D eigenvalue weighted by atomic mass is 35.5. The van der Waals surface area contributed by atoms with E-state index in [1.54, 1.807) is 11.3 Å². The van der Waals surface area contributed by atoms with E-state index in [4.69, 9.17) is 16.7 Å². The molecule has 2 aromatic heterocycles. The van der Waals surface area contributed by atoms with Crippen LogP contribution in [0.3, 0.4) is 0 Å². The zero-order chi connectivity index (χ0) is 16.7. The normalized spacial score (nSPS) is 21.2. The van der Waals surface area contributed by atoms with Gasteiger partial charge in [0.2, 0.25) is 4.96 Å². The number of nitrogens with zero attached hydrogens (tertiary/aromatic N) is 4. The third-order valence-corrected chi connectivity index (χ3v) is 5.47. The summed E-state index contributed by atoms with van der Waals surface area (Å²) >= 11 is 7.62. The summed E-state index contributed by atoms with van der Waals surface area (Å²) < 4.78 is 1.90. The molecule has 0 spiro atoms. The molecule has 6 nitrogen and oxygen atoms in total. The third kappa shape index (κ3) is 2.93. The standard InChI is InChI=1S/C16H19ClN6S/c1-9(2)7-13-19-21-16-23(13)22-15(24-16)12-8-18-20-14(12)10-3-5-11(17)6-4-10/h3-6,9,12,14,18,20H,7-8H2,1-2H3. The van der Waals surface area contributed by atoms with E-state index in [2.05, 4.69) is 47.0 Å². The lowest BCUT2D eigenvalue weighted by molar-refractivity contribution is 0.548. The molecule has 0 saturated carbocycles. The first-order valence-electron chi connectivity index (χ1n) is 8.06. The molecule has 2 unspecified atom stereocenters. The summed E-state index contributed by atoms with van der Waals surface area (Å²) in [6.45, 7) is 5.18. The Bertz CT molecular complexity index is 840. The fourth-order valence-corrected chi connectivity index (χ4v) is 4.15. The van der Waals surface area contributed by atoms with Crippen molar-refractivity contribution in [2.75, 3.05) is 6.54 Å². The van der Waals surface area contributed by atoms with Crippen molar-refractivity contribution in [3.63, 3.8) is 0 Å². The third-order valence-electron chi connectivity index (χ3n) is 4.19. The minimum absolute atomic E-state index is 0.166. The van der Waals surface area contributed by atoms with E-state index in [1.165, 1.54) is 5.56 Å². The first kappa shape index (κ1) is 16.0. The molecule has 1 aromatic carbocycles. The Morgan fingerprint density at radius 1 is 1.29 bits per heavy atom. The second-order valence-corrected chi connectivity index (χ2v) is 7.93. The van der Waals surface area contributed by atoms with Crippen molar-refractivity contribution in [1.29, 1.82) is 0 Å². The Morgan fingerprint density at radius 2 is 2.08 bits per heavy atom. The van der Waals surface area contributed by atoms with Gasteiger partial charge >= 0.3 is 0 Å². The molecular weight excluding hydrogens is 344 g/mol. The zero-order valence-corrected chi connectivity index (χ0v) is 15.1. The molecule has 0 amide bonds. The summed E-state index contributed by atoms with van der Waals surface area (Å²) in [4.78, 5) is 0.863. The van der Waals surface area contributed by atoms with E-state index in [9.17, 15) is 0 Å². The van der Waals surface area contributed by atoms with Gasteiger partial charge in [-0.15, -0.1) is 10.2 Å². The number of fused-ring (bicyclic) bond motifs is 1. The average Bonchev–Trinajstić information content (AvgIpc) is 3.24. The summed E-state index contributed by atoms with van der Waals surface area (Å²) in [5.41, 5.74) is 7.81. The molecule has 24 heavy (non-hydrogen) atoms. The maximum absolute atomic E-state index is 6.00. The quantitative estimate of drug-likeness (QED) is 0.746. The Morgan fingerprint density at radius 3 is 2.83 bits per heavy atom. The Hall–Kier alpha value is -1.54. The van der Waals surface area contributed by atoms with Crippen molar-refractivity contribution in [2.24, 2.45) is 5.92 Å². The summed E-state index contributed by atoms with van der Waals surface area (Å²) in [7, 11) is 0. The molecule has 3 aromatic rings. The van der Waals surface area contributed by atoms with Gasteiger partial charge in [-0.05, 0) is 23.6 Å². The van der Waals surface area contributed by atoms with Crippen molar-refractivity contribution in [3.05, 3.63) is 45.7 Å². The molecular formula is C16H19ClN6S. The summed E-state index contributed by atoms with van der Waals surface area (Å²) in [6.07, 6.45) is 0.881. The SMILES string of the molecule is CC(C)Cc1nnc2sc(C3CNNC3c3ccc(Cl)cc3)nn12. The van der Waals surface area contributed by atoms with Gasteiger partial charge in [0.15, 0.2) is 5.82 Å². The van der Waals surface area contributed by atoms with Crippen molar-refractivity contribution >= 4 is 27.9 Å². The van der Waals surface area contributed by atoms with Gasteiger partial charge in [-0.3, -0.25) is 5.43 Å². The fraction of sp³-hybridized carbons (Fsp3) is 0.438. The molecule has 1 fully saturated rings. The second kappa shape index (κ2) is 6.40. The molecule has 4 rings (SSSR count). The van der Waals surface area contributed by atoms with Crippen LogP contribution in [0.4, 0.5) is 0 Å². The topological polar surface area (TPSA) is 67.1 Å². The number of hydrazine groups is 1. The lowest BCUT2D eigenvalue weighted by Gasteiger charge is -2.16. The molecule has 0 radical (unpaired) electrons. The predicted octanol–water partition coefficient (Wildman–Crippen LogP) is 2.97. The van der Waals surface area contributed by atoms with Crippen LogP contribution in [-0.2, 0) is 6.42 Å². The average molecular weight is 363 g/mol. The highest BCUT2D eigenvalue weighted by Crippen LogP contribution is 2.35. The number of rotatable bonds is 4. The van der Waals surface area contributed by atoms with Crippen LogP contribution in [0, 0.1) is 5.92 Å². The minimum atomic E-state index is 0.166. The van der Waals surface area contributed by atoms with Crippen LogP contribution in [-0.4, -0.2) is 26.4 Å². The van der Waals surface area contributed by atoms with Gasteiger partial charge in [0, 0.05) is 23.9 Å². The van der Waals surface area contributed by atoms with E-state index in [0.29, 0.717) is 5.92 Å². The molecule has 3 heterocycles.